The fourth-order valence-electron chi connectivity index (χ4n) is 2.67. The van der Waals surface area contributed by atoms with Crippen molar-refractivity contribution in [3.63, 3.8) is 0 Å². The summed E-state index contributed by atoms with van der Waals surface area (Å²) in [4.78, 5) is 10.7. The minimum atomic E-state index is -0.262. The van der Waals surface area contributed by atoms with Crippen molar-refractivity contribution < 1.29 is 9.13 Å². The summed E-state index contributed by atoms with van der Waals surface area (Å²) in [7, 11) is 0. The molecule has 1 aliphatic heterocycles. The van der Waals surface area contributed by atoms with Gasteiger partial charge in [0.2, 0.25) is 5.95 Å². The van der Waals surface area contributed by atoms with Gasteiger partial charge in [0.15, 0.2) is 0 Å². The summed E-state index contributed by atoms with van der Waals surface area (Å²) in [5.41, 5.74) is 7.80. The molecule has 1 aromatic carbocycles. The molecule has 0 unspecified atom stereocenters. The predicted octanol–water partition coefficient (Wildman–Crippen LogP) is 2.34. The number of benzene rings is 1. The lowest BCUT2D eigenvalue weighted by Crippen LogP contribution is -2.54. The van der Waals surface area contributed by atoms with Gasteiger partial charge in [0.05, 0.1) is 13.1 Å². The first-order valence-electron chi connectivity index (χ1n) is 7.37. The number of aryl methyl sites for hydroxylation is 1. The summed E-state index contributed by atoms with van der Waals surface area (Å²) in [5.74, 6) is 1.61. The molecule has 116 valence electrons. The average molecular weight is 302 g/mol. The number of halogens is 1. The van der Waals surface area contributed by atoms with Crippen LogP contribution in [0.25, 0.3) is 0 Å². The average Bonchev–Trinajstić information content (AvgIpc) is 2.43. The highest BCUT2D eigenvalue weighted by Crippen LogP contribution is 2.28. The van der Waals surface area contributed by atoms with Gasteiger partial charge in [-0.15, -0.1) is 0 Å². The molecule has 0 amide bonds. The molecular formula is C16H19FN4O. The van der Waals surface area contributed by atoms with Gasteiger partial charge in [0, 0.05) is 11.3 Å². The Morgan fingerprint density at radius 1 is 1.27 bits per heavy atom. The van der Waals surface area contributed by atoms with Crippen molar-refractivity contribution in [2.45, 2.75) is 26.4 Å². The maximum atomic E-state index is 12.9. The summed E-state index contributed by atoms with van der Waals surface area (Å²) in [5, 5.41) is 0. The van der Waals surface area contributed by atoms with Crippen LogP contribution in [0.2, 0.25) is 0 Å². The Kier molecular flexibility index (Phi) is 3.83. The monoisotopic (exact) mass is 302 g/mol. The number of ether oxygens (including phenoxy) is 1. The molecule has 3 rings (SSSR count). The van der Waals surface area contributed by atoms with Gasteiger partial charge in [0.1, 0.15) is 23.5 Å². The fourth-order valence-corrected chi connectivity index (χ4v) is 2.67. The Bertz CT molecular complexity index is 669. The lowest BCUT2D eigenvalue weighted by atomic mass is 10.1. The molecule has 0 bridgehead atoms. The SMILES string of the molecule is CCc1c(C)nc(N)nc1N1CC(Oc2ccc(F)cc2)C1. The van der Waals surface area contributed by atoms with Crippen molar-refractivity contribution in [3.8, 4) is 5.75 Å². The van der Waals surface area contributed by atoms with Crippen molar-refractivity contribution >= 4 is 11.8 Å². The Morgan fingerprint density at radius 2 is 1.95 bits per heavy atom. The van der Waals surface area contributed by atoms with Crippen LogP contribution in [0, 0.1) is 12.7 Å². The summed E-state index contributed by atoms with van der Waals surface area (Å²) in [6.07, 6.45) is 0.938. The predicted molar refractivity (Wildman–Crippen MR) is 83.6 cm³/mol. The van der Waals surface area contributed by atoms with Crippen molar-refractivity contribution in [3.05, 3.63) is 41.3 Å². The van der Waals surface area contributed by atoms with Crippen LogP contribution < -0.4 is 15.4 Å². The van der Waals surface area contributed by atoms with E-state index in [1.807, 2.05) is 6.92 Å². The Balaban J connectivity index is 1.67. The maximum absolute atomic E-state index is 12.9. The minimum absolute atomic E-state index is 0.0756. The van der Waals surface area contributed by atoms with E-state index in [4.69, 9.17) is 10.5 Å². The van der Waals surface area contributed by atoms with Crippen LogP contribution >= 0.6 is 0 Å². The zero-order valence-corrected chi connectivity index (χ0v) is 12.7. The highest BCUT2D eigenvalue weighted by molar-refractivity contribution is 5.54. The van der Waals surface area contributed by atoms with Gasteiger partial charge in [-0.2, -0.15) is 4.98 Å². The Labute approximate surface area is 128 Å². The number of hydrogen-bond donors (Lipinski definition) is 1. The first-order chi connectivity index (χ1) is 10.6. The zero-order valence-electron chi connectivity index (χ0n) is 12.7. The standard InChI is InChI=1S/C16H19FN4O/c1-3-14-10(2)19-16(18)20-15(14)21-8-13(9-21)22-12-6-4-11(17)5-7-12/h4-7,13H,3,8-9H2,1-2H3,(H2,18,19,20). The molecule has 0 saturated carbocycles. The summed E-state index contributed by atoms with van der Waals surface area (Å²) in [6.45, 7) is 5.50. The van der Waals surface area contributed by atoms with Crippen LogP contribution in [0.4, 0.5) is 16.2 Å². The van der Waals surface area contributed by atoms with Gasteiger partial charge in [-0.25, -0.2) is 9.37 Å². The molecule has 22 heavy (non-hydrogen) atoms. The molecular weight excluding hydrogens is 283 g/mol. The van der Waals surface area contributed by atoms with E-state index in [-0.39, 0.29) is 11.9 Å². The molecule has 5 nitrogen and oxygen atoms in total. The van der Waals surface area contributed by atoms with E-state index in [0.29, 0.717) is 11.7 Å². The second kappa shape index (κ2) is 5.79. The third kappa shape index (κ3) is 2.81. The van der Waals surface area contributed by atoms with Gasteiger partial charge in [-0.05, 0) is 37.6 Å². The second-order valence-electron chi connectivity index (χ2n) is 5.42. The van der Waals surface area contributed by atoms with E-state index < -0.39 is 0 Å². The highest BCUT2D eigenvalue weighted by Gasteiger charge is 2.31. The Morgan fingerprint density at radius 3 is 2.59 bits per heavy atom. The van der Waals surface area contributed by atoms with Gasteiger partial charge in [0.25, 0.3) is 0 Å². The lowest BCUT2D eigenvalue weighted by molar-refractivity contribution is 0.166. The third-order valence-corrected chi connectivity index (χ3v) is 3.83. The van der Waals surface area contributed by atoms with E-state index in [1.54, 1.807) is 12.1 Å². The molecule has 6 heteroatoms. The normalized spacial score (nSPS) is 14.8. The van der Waals surface area contributed by atoms with E-state index in [0.717, 1.165) is 36.6 Å². The molecule has 0 spiro atoms. The largest absolute Gasteiger partial charge is 0.487 e. The molecule has 2 N–H and O–H groups in total. The molecule has 1 fully saturated rings. The number of rotatable bonds is 4. The number of nitrogen functional groups attached to an aromatic ring is 1. The highest BCUT2D eigenvalue weighted by atomic mass is 19.1. The van der Waals surface area contributed by atoms with Crippen LogP contribution in [0.15, 0.2) is 24.3 Å². The first-order valence-corrected chi connectivity index (χ1v) is 7.37. The van der Waals surface area contributed by atoms with Crippen LogP contribution in [0.1, 0.15) is 18.2 Å². The quantitative estimate of drug-likeness (QED) is 0.939. The van der Waals surface area contributed by atoms with Crippen LogP contribution in [0.3, 0.4) is 0 Å². The molecule has 2 aromatic rings. The van der Waals surface area contributed by atoms with Crippen molar-refractivity contribution in [1.29, 1.82) is 0 Å². The number of nitrogens with zero attached hydrogens (tertiary/aromatic N) is 3. The van der Waals surface area contributed by atoms with Gasteiger partial charge >= 0.3 is 0 Å². The van der Waals surface area contributed by atoms with E-state index in [1.165, 1.54) is 12.1 Å². The number of aromatic nitrogens is 2. The Hall–Kier alpha value is -2.37. The molecule has 0 radical (unpaired) electrons. The number of nitrogens with two attached hydrogens (primary N) is 1. The smallest absolute Gasteiger partial charge is 0.222 e. The topological polar surface area (TPSA) is 64.3 Å². The maximum Gasteiger partial charge on any atom is 0.222 e. The summed E-state index contributed by atoms with van der Waals surface area (Å²) >= 11 is 0. The molecule has 2 heterocycles. The van der Waals surface area contributed by atoms with Gasteiger partial charge < -0.3 is 15.4 Å². The summed E-state index contributed by atoms with van der Waals surface area (Å²) in [6, 6.07) is 6.08. The number of hydrogen-bond acceptors (Lipinski definition) is 5. The fraction of sp³-hybridized carbons (Fsp3) is 0.375. The zero-order chi connectivity index (χ0) is 15.7. The van der Waals surface area contributed by atoms with Crippen LogP contribution in [0.5, 0.6) is 5.75 Å². The third-order valence-electron chi connectivity index (χ3n) is 3.83. The molecule has 1 saturated heterocycles. The minimum Gasteiger partial charge on any atom is -0.487 e. The van der Waals surface area contributed by atoms with Gasteiger partial charge in [-0.3, -0.25) is 0 Å². The molecule has 0 atom stereocenters. The summed E-state index contributed by atoms with van der Waals surface area (Å²) < 4.78 is 18.7. The molecule has 0 aliphatic carbocycles. The number of anilines is 2. The van der Waals surface area contributed by atoms with Crippen LogP contribution in [-0.4, -0.2) is 29.2 Å². The first kappa shape index (κ1) is 14.6. The van der Waals surface area contributed by atoms with Crippen molar-refractivity contribution in [2.24, 2.45) is 0 Å². The molecule has 1 aliphatic rings. The van der Waals surface area contributed by atoms with Crippen molar-refractivity contribution in [2.75, 3.05) is 23.7 Å². The van der Waals surface area contributed by atoms with E-state index in [9.17, 15) is 4.39 Å². The lowest BCUT2D eigenvalue weighted by Gasteiger charge is -2.40. The van der Waals surface area contributed by atoms with Crippen molar-refractivity contribution in [1.82, 2.24) is 9.97 Å². The van der Waals surface area contributed by atoms with Gasteiger partial charge in [-0.1, -0.05) is 6.92 Å². The van der Waals surface area contributed by atoms with Crippen LogP contribution in [-0.2, 0) is 6.42 Å². The van der Waals surface area contributed by atoms with E-state index >= 15 is 0 Å². The molecule has 1 aromatic heterocycles. The second-order valence-corrected chi connectivity index (χ2v) is 5.42. The van der Waals surface area contributed by atoms with E-state index in [2.05, 4.69) is 21.8 Å².